The zero-order chi connectivity index (χ0) is 20.5. The predicted octanol–water partition coefficient (Wildman–Crippen LogP) is 6.60. The number of hydrogen-bond donors (Lipinski definition) is 1. The number of hydrogen-bond acceptors (Lipinski definition) is 3. The molecule has 1 N–H and O–H groups in total. The third kappa shape index (κ3) is 7.46. The summed E-state index contributed by atoms with van der Waals surface area (Å²) in [6, 6.07) is 24.3. The van der Waals surface area contributed by atoms with Crippen molar-refractivity contribution < 1.29 is 4.79 Å². The fraction of sp³-hybridized carbons (Fsp3) is 0.208. The van der Waals surface area contributed by atoms with Crippen LogP contribution in [0.5, 0.6) is 0 Å². The van der Waals surface area contributed by atoms with Gasteiger partial charge >= 0.3 is 0 Å². The van der Waals surface area contributed by atoms with Gasteiger partial charge in [-0.2, -0.15) is 11.8 Å². The monoisotopic (exact) mass is 441 g/mol. The molecule has 2 nitrogen and oxygen atoms in total. The fourth-order valence-electron chi connectivity index (χ4n) is 2.71. The maximum atomic E-state index is 12.3. The number of aryl methyl sites for hydroxylation is 1. The van der Waals surface area contributed by atoms with Crippen molar-refractivity contribution in [2.45, 2.75) is 23.3 Å². The van der Waals surface area contributed by atoms with Crippen molar-refractivity contribution in [3.05, 3.63) is 100 Å². The van der Waals surface area contributed by atoms with E-state index in [2.05, 4.69) is 42.6 Å². The lowest BCUT2D eigenvalue weighted by molar-refractivity contribution is 0.0956. The number of carbonyl (C=O) groups excluding carboxylic acids is 1. The van der Waals surface area contributed by atoms with Crippen LogP contribution in [-0.2, 0) is 11.5 Å². The van der Waals surface area contributed by atoms with Crippen LogP contribution in [0.4, 0.5) is 0 Å². The highest BCUT2D eigenvalue weighted by atomic mass is 35.5. The molecular formula is C24H24ClNOS2. The average Bonchev–Trinajstić information content (AvgIpc) is 2.73. The molecule has 0 aliphatic rings. The van der Waals surface area contributed by atoms with E-state index in [9.17, 15) is 4.79 Å². The molecule has 3 aromatic rings. The van der Waals surface area contributed by atoms with Gasteiger partial charge in [0.1, 0.15) is 0 Å². The average molecular weight is 442 g/mol. The molecule has 0 heterocycles. The molecule has 0 saturated carbocycles. The van der Waals surface area contributed by atoms with Gasteiger partial charge < -0.3 is 5.32 Å². The number of carbonyl (C=O) groups is 1. The van der Waals surface area contributed by atoms with Gasteiger partial charge in [0.25, 0.3) is 5.91 Å². The summed E-state index contributed by atoms with van der Waals surface area (Å²) in [6.07, 6.45) is 0. The largest absolute Gasteiger partial charge is 0.351 e. The van der Waals surface area contributed by atoms with E-state index in [0.717, 1.165) is 22.3 Å². The highest BCUT2D eigenvalue weighted by Crippen LogP contribution is 2.23. The molecule has 0 aliphatic heterocycles. The molecule has 0 aromatic heterocycles. The summed E-state index contributed by atoms with van der Waals surface area (Å²) in [5, 5.41) is 3.75. The molecule has 0 saturated heterocycles. The Hall–Kier alpha value is -1.88. The molecule has 1 amide bonds. The van der Waals surface area contributed by atoms with E-state index in [1.54, 1.807) is 23.5 Å². The maximum absolute atomic E-state index is 12.3. The quantitative estimate of drug-likeness (QED) is 0.299. The Balaban J connectivity index is 1.37. The minimum atomic E-state index is -0.0221. The second kappa shape index (κ2) is 11.3. The van der Waals surface area contributed by atoms with Crippen molar-refractivity contribution in [3.8, 4) is 0 Å². The molecule has 0 bridgehead atoms. The second-order valence-electron chi connectivity index (χ2n) is 6.74. The normalized spacial score (nSPS) is 10.7. The van der Waals surface area contributed by atoms with Crippen LogP contribution < -0.4 is 5.32 Å². The number of halogens is 1. The number of thioether (sulfide) groups is 2. The number of benzene rings is 3. The van der Waals surface area contributed by atoms with Gasteiger partial charge in [-0.3, -0.25) is 4.79 Å². The highest BCUT2D eigenvalue weighted by Gasteiger charge is 2.05. The topological polar surface area (TPSA) is 29.1 Å². The van der Waals surface area contributed by atoms with E-state index in [1.807, 2.05) is 42.5 Å². The van der Waals surface area contributed by atoms with Crippen LogP contribution in [0.15, 0.2) is 77.7 Å². The Labute approximate surface area is 186 Å². The second-order valence-corrected chi connectivity index (χ2v) is 9.33. The summed E-state index contributed by atoms with van der Waals surface area (Å²) < 4.78 is 0. The molecule has 5 heteroatoms. The predicted molar refractivity (Wildman–Crippen MR) is 127 cm³/mol. The Morgan fingerprint density at radius 2 is 1.69 bits per heavy atom. The fourth-order valence-corrected chi connectivity index (χ4v) is 4.58. The van der Waals surface area contributed by atoms with Crippen LogP contribution in [0.1, 0.15) is 27.0 Å². The molecule has 3 aromatic carbocycles. The van der Waals surface area contributed by atoms with Crippen molar-refractivity contribution in [2.75, 3.05) is 12.3 Å². The summed E-state index contributed by atoms with van der Waals surface area (Å²) in [7, 11) is 0. The minimum absolute atomic E-state index is 0.0221. The lowest BCUT2D eigenvalue weighted by Gasteiger charge is -2.07. The molecule has 0 fully saturated rings. The zero-order valence-corrected chi connectivity index (χ0v) is 18.7. The van der Waals surface area contributed by atoms with Gasteiger partial charge in [0, 0.05) is 39.3 Å². The van der Waals surface area contributed by atoms with Crippen LogP contribution in [-0.4, -0.2) is 18.2 Å². The summed E-state index contributed by atoms with van der Waals surface area (Å²) in [4.78, 5) is 13.6. The zero-order valence-electron chi connectivity index (χ0n) is 16.4. The molecule has 29 heavy (non-hydrogen) atoms. The van der Waals surface area contributed by atoms with Gasteiger partial charge in [0.05, 0.1) is 0 Å². The SMILES string of the molecule is Cc1ccc(SCc2ccc(C(=O)NCCSCc3cccc(Cl)c3)cc2)cc1. The van der Waals surface area contributed by atoms with Crippen molar-refractivity contribution in [1.82, 2.24) is 5.32 Å². The van der Waals surface area contributed by atoms with E-state index in [1.165, 1.54) is 21.6 Å². The van der Waals surface area contributed by atoms with E-state index in [-0.39, 0.29) is 5.91 Å². The van der Waals surface area contributed by atoms with E-state index in [0.29, 0.717) is 12.1 Å². The number of amides is 1. The maximum Gasteiger partial charge on any atom is 0.251 e. The van der Waals surface area contributed by atoms with Crippen LogP contribution in [0.3, 0.4) is 0 Å². The van der Waals surface area contributed by atoms with Gasteiger partial charge in [-0.15, -0.1) is 11.8 Å². The van der Waals surface area contributed by atoms with Crippen molar-refractivity contribution in [1.29, 1.82) is 0 Å². The van der Waals surface area contributed by atoms with E-state index in [4.69, 9.17) is 11.6 Å². The Morgan fingerprint density at radius 1 is 0.931 bits per heavy atom. The van der Waals surface area contributed by atoms with Crippen molar-refractivity contribution in [3.63, 3.8) is 0 Å². The molecule has 0 atom stereocenters. The van der Waals surface area contributed by atoms with Crippen molar-refractivity contribution in [2.24, 2.45) is 0 Å². The first kappa shape index (κ1) is 21.8. The molecule has 0 unspecified atom stereocenters. The van der Waals surface area contributed by atoms with Gasteiger partial charge in [0.15, 0.2) is 0 Å². The van der Waals surface area contributed by atoms with Gasteiger partial charge in [-0.05, 0) is 54.4 Å². The summed E-state index contributed by atoms with van der Waals surface area (Å²) in [5.41, 5.74) is 4.39. The lowest BCUT2D eigenvalue weighted by Crippen LogP contribution is -2.25. The molecule has 150 valence electrons. The number of rotatable bonds is 9. The third-order valence-corrected chi connectivity index (χ3v) is 6.68. The first-order valence-electron chi connectivity index (χ1n) is 9.49. The summed E-state index contributed by atoms with van der Waals surface area (Å²) >= 11 is 9.58. The molecule has 0 aliphatic carbocycles. The van der Waals surface area contributed by atoms with Crippen LogP contribution in [0.2, 0.25) is 5.02 Å². The van der Waals surface area contributed by atoms with Crippen LogP contribution in [0.25, 0.3) is 0 Å². The van der Waals surface area contributed by atoms with Crippen LogP contribution in [0, 0.1) is 6.92 Å². The highest BCUT2D eigenvalue weighted by molar-refractivity contribution is 7.98. The van der Waals surface area contributed by atoms with Gasteiger partial charge in [-0.25, -0.2) is 0 Å². The first-order valence-corrected chi connectivity index (χ1v) is 12.0. The van der Waals surface area contributed by atoms with E-state index < -0.39 is 0 Å². The van der Waals surface area contributed by atoms with Crippen molar-refractivity contribution >= 4 is 41.0 Å². The Bertz CT molecular complexity index is 926. The first-order chi connectivity index (χ1) is 14.1. The van der Waals surface area contributed by atoms with Gasteiger partial charge in [0.2, 0.25) is 0 Å². The van der Waals surface area contributed by atoms with E-state index >= 15 is 0 Å². The third-order valence-electron chi connectivity index (χ3n) is 4.33. The number of nitrogens with one attached hydrogen (secondary N) is 1. The Kier molecular flexibility index (Phi) is 8.53. The Morgan fingerprint density at radius 3 is 2.41 bits per heavy atom. The molecular weight excluding hydrogens is 418 g/mol. The standard InChI is InChI=1S/C24H24ClNOS2/c1-18-5-11-23(12-6-18)29-17-19-7-9-21(10-8-19)24(27)26-13-14-28-16-20-3-2-4-22(25)15-20/h2-12,15H,13-14,16-17H2,1H3,(H,26,27). The molecule has 0 radical (unpaired) electrons. The van der Waals surface area contributed by atoms with Gasteiger partial charge in [-0.1, -0.05) is 53.6 Å². The summed E-state index contributed by atoms with van der Waals surface area (Å²) in [6.45, 7) is 2.74. The lowest BCUT2D eigenvalue weighted by atomic mass is 10.1. The smallest absolute Gasteiger partial charge is 0.251 e. The molecule has 3 rings (SSSR count). The van der Waals surface area contributed by atoms with Crippen LogP contribution >= 0.6 is 35.1 Å². The molecule has 0 spiro atoms. The summed E-state index contributed by atoms with van der Waals surface area (Å²) in [5.74, 6) is 2.63. The minimum Gasteiger partial charge on any atom is -0.351 e.